The lowest BCUT2D eigenvalue weighted by Crippen LogP contribution is -2.43. The Bertz CT molecular complexity index is 1100. The van der Waals surface area contributed by atoms with Gasteiger partial charge in [0.2, 0.25) is 5.91 Å². The number of aromatic nitrogens is 2. The highest BCUT2D eigenvalue weighted by molar-refractivity contribution is 7.98. The average Bonchev–Trinajstić information content (AvgIpc) is 2.80. The molecule has 156 valence electrons. The largest absolute Gasteiger partial charge is 0.352 e. The van der Waals surface area contributed by atoms with Crippen LogP contribution in [0.1, 0.15) is 18.4 Å². The Morgan fingerprint density at radius 2 is 1.83 bits per heavy atom. The van der Waals surface area contributed by atoms with E-state index in [0.29, 0.717) is 25.5 Å². The van der Waals surface area contributed by atoms with Gasteiger partial charge in [-0.15, -0.1) is 11.8 Å². The predicted molar refractivity (Wildman–Crippen MR) is 122 cm³/mol. The molecule has 1 saturated heterocycles. The summed E-state index contributed by atoms with van der Waals surface area (Å²) in [4.78, 5) is 33.2. The topological polar surface area (TPSA) is 67.2 Å². The van der Waals surface area contributed by atoms with Gasteiger partial charge in [-0.1, -0.05) is 24.3 Å². The number of hydrogen-bond acceptors (Lipinski definition) is 5. The number of amides is 1. The molecular weight excluding hydrogens is 396 g/mol. The van der Waals surface area contributed by atoms with Gasteiger partial charge >= 0.3 is 0 Å². The molecule has 6 nitrogen and oxygen atoms in total. The lowest BCUT2D eigenvalue weighted by atomic mass is 9.96. The van der Waals surface area contributed by atoms with Gasteiger partial charge in [0.05, 0.1) is 11.0 Å². The number of carbonyl (C=O) groups excluding carboxylic acids is 1. The molecule has 0 unspecified atom stereocenters. The number of hydrogen-bond donors (Lipinski definition) is 1. The normalized spacial score (nSPS) is 14.8. The van der Waals surface area contributed by atoms with E-state index < -0.39 is 0 Å². The zero-order valence-corrected chi connectivity index (χ0v) is 18.1. The SMILES string of the molecule is CSc1ccc(CNC(=O)C2CCN(c3nc4ccccc4n(C)c3=O)CC2)cc1. The van der Waals surface area contributed by atoms with Crippen molar-refractivity contribution in [2.24, 2.45) is 13.0 Å². The highest BCUT2D eigenvalue weighted by Crippen LogP contribution is 2.22. The maximum Gasteiger partial charge on any atom is 0.293 e. The molecule has 3 aromatic rings. The molecular formula is C23H26N4O2S. The molecule has 0 saturated carbocycles. The van der Waals surface area contributed by atoms with E-state index in [1.54, 1.807) is 23.4 Å². The number of para-hydroxylation sites is 2. The molecule has 0 radical (unpaired) electrons. The molecule has 1 amide bonds. The number of nitrogens with one attached hydrogen (secondary N) is 1. The van der Waals surface area contributed by atoms with Crippen molar-refractivity contribution in [1.29, 1.82) is 0 Å². The molecule has 4 rings (SSSR count). The zero-order chi connectivity index (χ0) is 21.1. The Labute approximate surface area is 180 Å². The monoisotopic (exact) mass is 422 g/mol. The Morgan fingerprint density at radius 3 is 2.53 bits per heavy atom. The fourth-order valence-corrected chi connectivity index (χ4v) is 4.31. The van der Waals surface area contributed by atoms with Gasteiger partial charge in [0, 0.05) is 37.5 Å². The smallest absolute Gasteiger partial charge is 0.293 e. The summed E-state index contributed by atoms with van der Waals surface area (Å²) >= 11 is 1.70. The molecule has 1 aliphatic heterocycles. The maximum atomic E-state index is 12.8. The number of piperidine rings is 1. The van der Waals surface area contributed by atoms with Crippen molar-refractivity contribution in [2.75, 3.05) is 24.2 Å². The van der Waals surface area contributed by atoms with E-state index in [2.05, 4.69) is 34.6 Å². The second kappa shape index (κ2) is 8.92. The minimum Gasteiger partial charge on any atom is -0.352 e. The van der Waals surface area contributed by atoms with Gasteiger partial charge in [0.25, 0.3) is 5.56 Å². The average molecular weight is 423 g/mol. The Morgan fingerprint density at radius 1 is 1.13 bits per heavy atom. The molecule has 0 aliphatic carbocycles. The first-order valence-corrected chi connectivity index (χ1v) is 11.4. The van der Waals surface area contributed by atoms with Crippen molar-refractivity contribution in [3.63, 3.8) is 0 Å². The van der Waals surface area contributed by atoms with Gasteiger partial charge in [-0.05, 0) is 48.9 Å². The molecule has 1 fully saturated rings. The third-order valence-corrected chi connectivity index (χ3v) is 6.50. The summed E-state index contributed by atoms with van der Waals surface area (Å²) in [7, 11) is 1.78. The molecule has 0 spiro atoms. The van der Waals surface area contributed by atoms with Crippen LogP contribution in [0.2, 0.25) is 0 Å². The van der Waals surface area contributed by atoms with E-state index in [1.807, 2.05) is 35.4 Å². The summed E-state index contributed by atoms with van der Waals surface area (Å²) in [5.74, 6) is 0.530. The number of nitrogens with zero attached hydrogens (tertiary/aromatic N) is 3. The molecule has 30 heavy (non-hydrogen) atoms. The van der Waals surface area contributed by atoms with Gasteiger partial charge in [0.15, 0.2) is 5.82 Å². The van der Waals surface area contributed by atoms with E-state index in [1.165, 1.54) is 4.90 Å². The lowest BCUT2D eigenvalue weighted by Gasteiger charge is -2.32. The number of carbonyl (C=O) groups is 1. The van der Waals surface area contributed by atoms with Crippen LogP contribution in [-0.2, 0) is 18.4 Å². The Kier molecular flexibility index (Phi) is 6.08. The van der Waals surface area contributed by atoms with E-state index >= 15 is 0 Å². The summed E-state index contributed by atoms with van der Waals surface area (Å²) in [6.45, 7) is 1.85. The summed E-state index contributed by atoms with van der Waals surface area (Å²) in [6.07, 6.45) is 3.48. The first-order chi connectivity index (χ1) is 14.6. The van der Waals surface area contributed by atoms with Crippen LogP contribution in [0.5, 0.6) is 0 Å². The van der Waals surface area contributed by atoms with Crippen molar-refractivity contribution in [2.45, 2.75) is 24.3 Å². The third kappa shape index (κ3) is 4.21. The highest BCUT2D eigenvalue weighted by atomic mass is 32.2. The predicted octanol–water partition coefficient (Wildman–Crippen LogP) is 3.19. The molecule has 0 bridgehead atoms. The van der Waals surface area contributed by atoms with Crippen LogP contribution in [0.15, 0.2) is 58.2 Å². The van der Waals surface area contributed by atoms with Crippen molar-refractivity contribution >= 4 is 34.5 Å². The standard InChI is InChI=1S/C23H26N4O2S/c1-26-20-6-4-3-5-19(20)25-21(23(26)29)27-13-11-17(12-14-27)22(28)24-15-16-7-9-18(30-2)10-8-16/h3-10,17H,11-15H2,1-2H3,(H,24,28). The van der Waals surface area contributed by atoms with E-state index in [4.69, 9.17) is 0 Å². The Balaban J connectivity index is 1.37. The fourth-order valence-electron chi connectivity index (χ4n) is 3.90. The van der Waals surface area contributed by atoms with Gasteiger partial charge in [0.1, 0.15) is 0 Å². The number of anilines is 1. The van der Waals surface area contributed by atoms with Crippen molar-refractivity contribution in [1.82, 2.24) is 14.9 Å². The molecule has 2 heterocycles. The second-order valence-electron chi connectivity index (χ2n) is 7.62. The Hall–Kier alpha value is -2.80. The van der Waals surface area contributed by atoms with Crippen molar-refractivity contribution in [3.8, 4) is 0 Å². The molecule has 1 aliphatic rings. The summed E-state index contributed by atoms with van der Waals surface area (Å²) in [5.41, 5.74) is 2.64. The summed E-state index contributed by atoms with van der Waals surface area (Å²) < 4.78 is 1.65. The summed E-state index contributed by atoms with van der Waals surface area (Å²) in [6, 6.07) is 15.9. The first kappa shape index (κ1) is 20.5. The van der Waals surface area contributed by atoms with Gasteiger partial charge in [-0.2, -0.15) is 0 Å². The number of fused-ring (bicyclic) bond motifs is 1. The van der Waals surface area contributed by atoms with Crippen LogP contribution in [0.4, 0.5) is 5.82 Å². The van der Waals surface area contributed by atoms with Crippen molar-refractivity contribution < 1.29 is 4.79 Å². The quantitative estimate of drug-likeness (QED) is 0.640. The van der Waals surface area contributed by atoms with Gasteiger partial charge in [-0.25, -0.2) is 4.98 Å². The number of aryl methyl sites for hydroxylation is 1. The number of benzene rings is 2. The zero-order valence-electron chi connectivity index (χ0n) is 17.3. The van der Waals surface area contributed by atoms with Gasteiger partial charge < -0.3 is 14.8 Å². The molecule has 2 aromatic carbocycles. The lowest BCUT2D eigenvalue weighted by molar-refractivity contribution is -0.125. The summed E-state index contributed by atoms with van der Waals surface area (Å²) in [5, 5.41) is 3.06. The first-order valence-electron chi connectivity index (χ1n) is 10.2. The number of rotatable bonds is 5. The third-order valence-electron chi connectivity index (χ3n) is 5.76. The van der Waals surface area contributed by atoms with Crippen LogP contribution >= 0.6 is 11.8 Å². The maximum absolute atomic E-state index is 12.8. The van der Waals surface area contributed by atoms with Crippen LogP contribution in [0, 0.1) is 5.92 Å². The van der Waals surface area contributed by atoms with Crippen LogP contribution in [0.3, 0.4) is 0 Å². The number of thioether (sulfide) groups is 1. The highest BCUT2D eigenvalue weighted by Gasteiger charge is 2.27. The van der Waals surface area contributed by atoms with Crippen LogP contribution in [-0.4, -0.2) is 34.8 Å². The van der Waals surface area contributed by atoms with Crippen LogP contribution < -0.4 is 15.8 Å². The van der Waals surface area contributed by atoms with E-state index in [0.717, 1.165) is 29.4 Å². The minimum absolute atomic E-state index is 0.0315. The van der Waals surface area contributed by atoms with Crippen LogP contribution in [0.25, 0.3) is 11.0 Å². The van der Waals surface area contributed by atoms with Crippen molar-refractivity contribution in [3.05, 3.63) is 64.4 Å². The van der Waals surface area contributed by atoms with E-state index in [-0.39, 0.29) is 17.4 Å². The molecule has 7 heteroatoms. The van der Waals surface area contributed by atoms with Gasteiger partial charge in [-0.3, -0.25) is 9.59 Å². The molecule has 1 aromatic heterocycles. The fraction of sp³-hybridized carbons (Fsp3) is 0.348. The minimum atomic E-state index is -0.0923. The van der Waals surface area contributed by atoms with E-state index in [9.17, 15) is 9.59 Å². The molecule has 1 N–H and O–H groups in total. The molecule has 0 atom stereocenters. The second-order valence-corrected chi connectivity index (χ2v) is 8.50.